The highest BCUT2D eigenvalue weighted by Gasteiger charge is 2.36. The Kier molecular flexibility index (Phi) is 15.1. The summed E-state index contributed by atoms with van der Waals surface area (Å²) in [6.45, 7) is 12.2. The molecule has 0 spiro atoms. The summed E-state index contributed by atoms with van der Waals surface area (Å²) in [5.41, 5.74) is 7.09. The first-order chi connectivity index (χ1) is 22.0. The Morgan fingerprint density at radius 1 is 1.11 bits per heavy atom. The zero-order valence-electron chi connectivity index (χ0n) is 28.6. The molecule has 2 aromatic rings. The molecule has 1 fully saturated rings. The molecule has 1 aromatic carbocycles. The van der Waals surface area contributed by atoms with E-state index in [0.717, 1.165) is 42.8 Å². The van der Waals surface area contributed by atoms with Gasteiger partial charge in [0, 0.05) is 30.4 Å². The lowest BCUT2D eigenvalue weighted by Gasteiger charge is -2.39. The summed E-state index contributed by atoms with van der Waals surface area (Å²) in [6.07, 6.45) is 6.15. The third-order valence-corrected chi connectivity index (χ3v) is 10.2. The van der Waals surface area contributed by atoms with Gasteiger partial charge in [0.2, 0.25) is 11.8 Å². The van der Waals surface area contributed by atoms with Crippen LogP contribution in [0.25, 0.3) is 0 Å². The second-order valence-corrected chi connectivity index (χ2v) is 14.0. The Morgan fingerprint density at radius 2 is 1.83 bits per heavy atom. The number of benzene rings is 1. The van der Waals surface area contributed by atoms with Crippen LogP contribution in [-0.2, 0) is 22.4 Å². The van der Waals surface area contributed by atoms with E-state index in [1.54, 1.807) is 17.5 Å². The first-order valence-corrected chi connectivity index (χ1v) is 17.9. The Hall–Kier alpha value is -2.89. The maximum absolute atomic E-state index is 14.1. The normalized spacial score (nSPS) is 18.1. The topological polar surface area (TPSA) is 121 Å². The predicted octanol–water partition coefficient (Wildman–Crippen LogP) is 4.79. The van der Waals surface area contributed by atoms with Gasteiger partial charge >= 0.3 is 0 Å². The minimum atomic E-state index is -0.583. The van der Waals surface area contributed by atoms with Gasteiger partial charge < -0.3 is 21.3 Å². The van der Waals surface area contributed by atoms with Crippen molar-refractivity contribution in [1.82, 2.24) is 25.4 Å². The first kappa shape index (κ1) is 37.6. The van der Waals surface area contributed by atoms with Crippen LogP contribution in [-0.4, -0.2) is 83.4 Å². The van der Waals surface area contributed by atoms with Crippen LogP contribution in [0.2, 0.25) is 0 Å². The van der Waals surface area contributed by atoms with Crippen molar-refractivity contribution >= 4 is 29.1 Å². The average molecular weight is 659 g/mol. The van der Waals surface area contributed by atoms with Crippen molar-refractivity contribution in [3.05, 3.63) is 51.7 Å². The number of carbonyl (C=O) groups excluding carboxylic acids is 3. The van der Waals surface area contributed by atoms with Gasteiger partial charge in [-0.1, -0.05) is 52.7 Å². The van der Waals surface area contributed by atoms with E-state index < -0.39 is 6.04 Å². The van der Waals surface area contributed by atoms with E-state index in [4.69, 9.17) is 5.73 Å². The number of likely N-dealkylation sites (tertiary alicyclic amines) is 1. The van der Waals surface area contributed by atoms with Crippen molar-refractivity contribution in [1.29, 1.82) is 0 Å². The van der Waals surface area contributed by atoms with Gasteiger partial charge in [-0.05, 0) is 88.7 Å². The number of nitrogens with one attached hydrogen (secondary N) is 2. The number of hydrogen-bond donors (Lipinski definition) is 3. The van der Waals surface area contributed by atoms with Crippen LogP contribution in [0.1, 0.15) is 94.2 Å². The van der Waals surface area contributed by atoms with Crippen LogP contribution in [0.15, 0.2) is 29.6 Å². The minimum absolute atomic E-state index is 0.00148. The van der Waals surface area contributed by atoms with Crippen molar-refractivity contribution in [2.24, 2.45) is 17.6 Å². The highest BCUT2D eigenvalue weighted by molar-refractivity contribution is 7.09. The third-order valence-electron chi connectivity index (χ3n) is 9.33. The second kappa shape index (κ2) is 18.4. The number of thiazole rings is 1. The fourth-order valence-electron chi connectivity index (χ4n) is 6.31. The van der Waals surface area contributed by atoms with E-state index in [2.05, 4.69) is 41.3 Å². The van der Waals surface area contributed by atoms with E-state index in [0.29, 0.717) is 44.5 Å². The van der Waals surface area contributed by atoms with Gasteiger partial charge in [-0.25, -0.2) is 9.37 Å². The average Bonchev–Trinajstić information content (AvgIpc) is 3.51. The highest BCUT2D eigenvalue weighted by Crippen LogP contribution is 2.23. The monoisotopic (exact) mass is 658 g/mol. The zero-order valence-corrected chi connectivity index (χ0v) is 29.4. The summed E-state index contributed by atoms with van der Waals surface area (Å²) >= 11 is 1.44. The molecule has 0 unspecified atom stereocenters. The number of nitrogens with two attached hydrogens (primary N) is 1. The molecule has 1 saturated heterocycles. The molecule has 3 rings (SSSR count). The number of aryl methyl sites for hydroxylation is 1. The number of amides is 3. The fourth-order valence-corrected chi connectivity index (χ4v) is 7.11. The molecule has 2 heterocycles. The van der Waals surface area contributed by atoms with Crippen LogP contribution in [0.3, 0.4) is 0 Å². The van der Waals surface area contributed by atoms with Crippen molar-refractivity contribution in [2.45, 2.75) is 110 Å². The molecule has 9 nitrogen and oxygen atoms in total. The van der Waals surface area contributed by atoms with Crippen molar-refractivity contribution < 1.29 is 18.8 Å². The summed E-state index contributed by atoms with van der Waals surface area (Å²) in [5.74, 6) is -0.462. The summed E-state index contributed by atoms with van der Waals surface area (Å²) in [4.78, 5) is 49.3. The minimum Gasteiger partial charge on any atom is -0.348 e. The summed E-state index contributed by atoms with van der Waals surface area (Å²) < 4.78 is 13.3. The molecule has 3 amide bonds. The van der Waals surface area contributed by atoms with Crippen molar-refractivity contribution in [3.63, 3.8) is 0 Å². The maximum atomic E-state index is 14.1. The summed E-state index contributed by atoms with van der Waals surface area (Å²) in [6, 6.07) is 5.24. The number of likely N-dealkylation sites (N-methyl/N-ethyl adjacent to an activating group) is 2. The highest BCUT2D eigenvalue weighted by atomic mass is 32.1. The molecule has 1 aromatic heterocycles. The molecule has 1 aliphatic heterocycles. The lowest BCUT2D eigenvalue weighted by molar-refractivity contribution is -0.142. The molecule has 46 heavy (non-hydrogen) atoms. The predicted molar refractivity (Wildman–Crippen MR) is 183 cm³/mol. The smallest absolute Gasteiger partial charge is 0.270 e. The molecule has 4 N–H and O–H groups in total. The van der Waals surface area contributed by atoms with Crippen molar-refractivity contribution in [2.75, 3.05) is 26.7 Å². The Bertz CT molecular complexity index is 1260. The first-order valence-electron chi connectivity index (χ1n) is 17.0. The number of halogens is 1. The number of piperidine rings is 1. The molecular formula is C35H55FN6O3S. The van der Waals surface area contributed by atoms with Gasteiger partial charge in [0.15, 0.2) is 0 Å². The molecule has 5 atom stereocenters. The molecule has 0 saturated carbocycles. The van der Waals surface area contributed by atoms with Crippen LogP contribution in [0.5, 0.6) is 0 Å². The molecule has 0 bridgehead atoms. The Balaban J connectivity index is 1.66. The van der Waals surface area contributed by atoms with Crippen LogP contribution >= 0.6 is 11.3 Å². The van der Waals surface area contributed by atoms with Crippen LogP contribution < -0.4 is 16.4 Å². The zero-order chi connectivity index (χ0) is 33.8. The van der Waals surface area contributed by atoms with Gasteiger partial charge in [0.1, 0.15) is 17.6 Å². The van der Waals surface area contributed by atoms with E-state index in [1.165, 1.54) is 23.5 Å². The molecular weight excluding hydrogens is 603 g/mol. The Labute approximate surface area is 278 Å². The molecule has 11 heteroatoms. The number of aromatic nitrogens is 1. The van der Waals surface area contributed by atoms with Gasteiger partial charge in [-0.3, -0.25) is 19.3 Å². The SMILES string of the molecule is CC[C@H](C)[C@H](NC(=O)[C@H]1CCCCN1C)C(=O)N(CC)[C@H](CCc1nc(C(=O)N[C@H](CCN)Cc2ccc(F)cc2)cs1)C(C)C. The van der Waals surface area contributed by atoms with E-state index in [-0.39, 0.29) is 53.5 Å². The van der Waals surface area contributed by atoms with Gasteiger partial charge in [-0.2, -0.15) is 0 Å². The molecule has 0 aliphatic carbocycles. The number of nitrogens with zero attached hydrogens (tertiary/aromatic N) is 3. The maximum Gasteiger partial charge on any atom is 0.270 e. The van der Waals surface area contributed by atoms with E-state index in [1.807, 2.05) is 25.8 Å². The van der Waals surface area contributed by atoms with E-state index >= 15 is 0 Å². The fraction of sp³-hybridized carbons (Fsp3) is 0.657. The lowest BCUT2D eigenvalue weighted by Crippen LogP contribution is -2.58. The standard InChI is InChI=1S/C35H55FN6O3S/c1-7-24(5)32(40-34(44)30-11-9-10-20-41(30)6)35(45)42(8-2)29(23(3)4)16-17-31-39-28(22-46-31)33(43)38-27(18-19-37)21-25-12-14-26(36)15-13-25/h12-15,22-24,27,29-30,32H,7-11,16-21,37H2,1-6H3,(H,38,43)(H,40,44)/t24-,27+,29+,30+,32-/m0/s1. The van der Waals surface area contributed by atoms with Gasteiger partial charge in [-0.15, -0.1) is 11.3 Å². The van der Waals surface area contributed by atoms with E-state index in [9.17, 15) is 18.8 Å². The van der Waals surface area contributed by atoms with Crippen LogP contribution in [0.4, 0.5) is 4.39 Å². The van der Waals surface area contributed by atoms with Crippen molar-refractivity contribution in [3.8, 4) is 0 Å². The number of rotatable bonds is 17. The largest absolute Gasteiger partial charge is 0.348 e. The lowest BCUT2D eigenvalue weighted by atomic mass is 9.92. The summed E-state index contributed by atoms with van der Waals surface area (Å²) in [7, 11) is 1.98. The Morgan fingerprint density at radius 3 is 2.43 bits per heavy atom. The second-order valence-electron chi connectivity index (χ2n) is 13.0. The quantitative estimate of drug-likeness (QED) is 0.225. The summed E-state index contributed by atoms with van der Waals surface area (Å²) in [5, 5.41) is 8.81. The molecule has 0 radical (unpaired) electrons. The van der Waals surface area contributed by atoms with Gasteiger partial charge in [0.05, 0.1) is 11.0 Å². The molecule has 256 valence electrons. The molecule has 1 aliphatic rings. The van der Waals surface area contributed by atoms with Gasteiger partial charge in [0.25, 0.3) is 5.91 Å². The van der Waals surface area contributed by atoms with Crippen LogP contribution in [0, 0.1) is 17.7 Å². The number of carbonyl (C=O) groups is 3. The third kappa shape index (κ3) is 10.6. The number of hydrogen-bond acceptors (Lipinski definition) is 7.